The number of halogens is 1. The number of carbonyl (C=O) groups is 1. The summed E-state index contributed by atoms with van der Waals surface area (Å²) < 4.78 is 13.6. The number of hydrogen-bond donors (Lipinski definition) is 1. The third kappa shape index (κ3) is 3.71. The molecule has 2 aromatic rings. The van der Waals surface area contributed by atoms with Gasteiger partial charge in [0.15, 0.2) is 6.29 Å². The minimum atomic E-state index is -0.249. The molecule has 2 atom stereocenters. The number of ether oxygens (including phenoxy) is 2. The van der Waals surface area contributed by atoms with E-state index in [9.17, 15) is 9.90 Å². The molecule has 0 aliphatic carbocycles. The zero-order valence-corrected chi connectivity index (χ0v) is 15.6. The lowest BCUT2D eigenvalue weighted by atomic mass is 9.86. The van der Waals surface area contributed by atoms with Gasteiger partial charge in [-0.15, -0.1) is 0 Å². The molecule has 140 valence electrons. The number of phenolic OH excluding ortho intramolecular Hbond substituents is 1. The van der Waals surface area contributed by atoms with Crippen molar-refractivity contribution >= 4 is 17.9 Å². The fourth-order valence-electron chi connectivity index (χ4n) is 3.36. The monoisotopic (exact) mass is 378 g/mol. The van der Waals surface area contributed by atoms with E-state index >= 15 is 0 Å². The zero-order valence-electron chi connectivity index (χ0n) is 14.9. The van der Waals surface area contributed by atoms with Gasteiger partial charge < -0.3 is 14.6 Å². The van der Waals surface area contributed by atoms with Gasteiger partial charge in [-0.05, 0) is 38.5 Å². The van der Waals surface area contributed by atoms with Crippen molar-refractivity contribution in [1.82, 2.24) is 9.78 Å². The quantitative estimate of drug-likeness (QED) is 0.773. The van der Waals surface area contributed by atoms with Crippen LogP contribution in [0.25, 0.3) is 0 Å². The number of nitrogens with zero attached hydrogens (tertiary/aromatic N) is 2. The summed E-state index contributed by atoms with van der Waals surface area (Å²) in [6, 6.07) is 5.42. The van der Waals surface area contributed by atoms with Crippen LogP contribution in [0.3, 0.4) is 0 Å². The number of hydrogen-bond acceptors (Lipinski definition) is 5. The van der Waals surface area contributed by atoms with Crippen molar-refractivity contribution in [3.8, 4) is 11.5 Å². The normalized spacial score (nSPS) is 20.3. The Morgan fingerprint density at radius 3 is 3.00 bits per heavy atom. The van der Waals surface area contributed by atoms with Gasteiger partial charge in [-0.2, -0.15) is 5.10 Å². The number of rotatable bonds is 6. The standard InChI is InChI=1S/C19H23ClN2O4/c1-12(2)22-17(5-7-21-22)15-11-25-8-6-13(15)10-26-18-4-3-16(20)19(24)14(18)9-23/h3-5,7,9,12-13,15,24H,6,8,10-11H2,1-2H3. The molecule has 1 N–H and O–H groups in total. The van der Waals surface area contributed by atoms with Crippen molar-refractivity contribution in [3.63, 3.8) is 0 Å². The summed E-state index contributed by atoms with van der Waals surface area (Å²) in [5.74, 6) is 0.467. The summed E-state index contributed by atoms with van der Waals surface area (Å²) in [5.41, 5.74) is 1.20. The minimum Gasteiger partial charge on any atom is -0.505 e. The van der Waals surface area contributed by atoms with Crippen LogP contribution in [-0.2, 0) is 4.74 Å². The van der Waals surface area contributed by atoms with E-state index in [0.29, 0.717) is 31.9 Å². The molecule has 0 spiro atoms. The maximum atomic E-state index is 11.3. The fourth-order valence-corrected chi connectivity index (χ4v) is 3.52. The second-order valence-electron chi connectivity index (χ2n) is 6.76. The van der Waals surface area contributed by atoms with E-state index in [2.05, 4.69) is 18.9 Å². The lowest BCUT2D eigenvalue weighted by Crippen LogP contribution is -2.32. The minimum absolute atomic E-state index is 0.0772. The van der Waals surface area contributed by atoms with E-state index in [0.717, 1.165) is 12.1 Å². The van der Waals surface area contributed by atoms with Crippen LogP contribution in [0.4, 0.5) is 0 Å². The predicted octanol–water partition coefficient (Wildman–Crippen LogP) is 3.83. The van der Waals surface area contributed by atoms with Crippen LogP contribution in [0.15, 0.2) is 24.4 Å². The molecule has 0 radical (unpaired) electrons. The van der Waals surface area contributed by atoms with Crippen molar-refractivity contribution in [2.45, 2.75) is 32.2 Å². The molecule has 26 heavy (non-hydrogen) atoms. The highest BCUT2D eigenvalue weighted by Crippen LogP contribution is 2.36. The van der Waals surface area contributed by atoms with E-state index in [4.69, 9.17) is 21.1 Å². The predicted molar refractivity (Wildman–Crippen MR) is 98.3 cm³/mol. The molecule has 2 unspecified atom stereocenters. The Hall–Kier alpha value is -2.05. The second kappa shape index (κ2) is 8.10. The molecule has 1 aliphatic heterocycles. The highest BCUT2D eigenvalue weighted by molar-refractivity contribution is 6.32. The number of phenols is 1. The van der Waals surface area contributed by atoms with Crippen LogP contribution in [0, 0.1) is 5.92 Å². The Labute approximate surface area is 157 Å². The molecule has 0 bridgehead atoms. The van der Waals surface area contributed by atoms with Gasteiger partial charge in [0.2, 0.25) is 0 Å². The number of aldehydes is 1. The maximum Gasteiger partial charge on any atom is 0.157 e. The molecular formula is C19H23ClN2O4. The molecule has 3 rings (SSSR count). The summed E-state index contributed by atoms with van der Waals surface area (Å²) in [6.45, 7) is 5.89. The molecule has 2 heterocycles. The van der Waals surface area contributed by atoms with Gasteiger partial charge in [-0.25, -0.2) is 0 Å². The van der Waals surface area contributed by atoms with Crippen LogP contribution in [-0.4, -0.2) is 41.0 Å². The summed E-state index contributed by atoms with van der Waals surface area (Å²) in [4.78, 5) is 11.3. The number of carbonyl (C=O) groups excluding carboxylic acids is 1. The Kier molecular flexibility index (Phi) is 5.84. The molecule has 7 heteroatoms. The number of benzene rings is 1. The summed E-state index contributed by atoms with van der Waals surface area (Å²) in [7, 11) is 0. The molecule has 6 nitrogen and oxygen atoms in total. The van der Waals surface area contributed by atoms with Crippen molar-refractivity contribution < 1.29 is 19.4 Å². The van der Waals surface area contributed by atoms with Crippen molar-refractivity contribution in [3.05, 3.63) is 40.7 Å². The van der Waals surface area contributed by atoms with Gasteiger partial charge in [0.1, 0.15) is 11.5 Å². The summed E-state index contributed by atoms with van der Waals surface area (Å²) in [5, 5.41) is 14.5. The van der Waals surface area contributed by atoms with E-state index in [-0.39, 0.29) is 34.2 Å². The lowest BCUT2D eigenvalue weighted by molar-refractivity contribution is 0.0272. The third-order valence-corrected chi connectivity index (χ3v) is 5.07. The molecular weight excluding hydrogens is 356 g/mol. The molecule has 0 saturated carbocycles. The third-order valence-electron chi connectivity index (χ3n) is 4.77. The van der Waals surface area contributed by atoms with E-state index in [1.807, 2.05) is 16.9 Å². The molecule has 1 aromatic heterocycles. The Morgan fingerprint density at radius 2 is 2.27 bits per heavy atom. The smallest absolute Gasteiger partial charge is 0.157 e. The lowest BCUT2D eigenvalue weighted by Gasteiger charge is -2.32. The van der Waals surface area contributed by atoms with Crippen molar-refractivity contribution in [1.29, 1.82) is 0 Å². The molecule has 1 saturated heterocycles. The SMILES string of the molecule is CC(C)n1nccc1C1COCCC1COc1ccc(Cl)c(O)c1C=O. The molecule has 0 amide bonds. The van der Waals surface area contributed by atoms with Crippen LogP contribution in [0.2, 0.25) is 5.02 Å². The van der Waals surface area contributed by atoms with Gasteiger partial charge in [-0.1, -0.05) is 11.6 Å². The van der Waals surface area contributed by atoms with Gasteiger partial charge in [0.25, 0.3) is 0 Å². The highest BCUT2D eigenvalue weighted by Gasteiger charge is 2.31. The largest absolute Gasteiger partial charge is 0.505 e. The highest BCUT2D eigenvalue weighted by atomic mass is 35.5. The first-order valence-electron chi connectivity index (χ1n) is 8.73. The van der Waals surface area contributed by atoms with E-state index < -0.39 is 0 Å². The average Bonchev–Trinajstić information content (AvgIpc) is 3.13. The number of aromatic nitrogens is 2. The van der Waals surface area contributed by atoms with Crippen LogP contribution in [0.5, 0.6) is 11.5 Å². The van der Waals surface area contributed by atoms with Crippen LogP contribution in [0.1, 0.15) is 48.3 Å². The molecule has 1 aromatic carbocycles. The van der Waals surface area contributed by atoms with Crippen LogP contribution >= 0.6 is 11.6 Å². The van der Waals surface area contributed by atoms with Crippen molar-refractivity contribution in [2.75, 3.05) is 19.8 Å². The van der Waals surface area contributed by atoms with E-state index in [1.54, 1.807) is 6.07 Å². The van der Waals surface area contributed by atoms with Gasteiger partial charge >= 0.3 is 0 Å². The second-order valence-corrected chi connectivity index (χ2v) is 7.17. The Bertz CT molecular complexity index is 775. The molecule has 1 aliphatic rings. The first-order valence-corrected chi connectivity index (χ1v) is 9.11. The Morgan fingerprint density at radius 1 is 1.46 bits per heavy atom. The fraction of sp³-hybridized carbons (Fsp3) is 0.474. The zero-order chi connectivity index (χ0) is 18.7. The average molecular weight is 379 g/mol. The maximum absolute atomic E-state index is 11.3. The van der Waals surface area contributed by atoms with Gasteiger partial charge in [-0.3, -0.25) is 9.48 Å². The first-order chi connectivity index (χ1) is 12.5. The van der Waals surface area contributed by atoms with Gasteiger partial charge in [0.05, 0.1) is 23.8 Å². The Balaban J connectivity index is 1.79. The van der Waals surface area contributed by atoms with E-state index in [1.165, 1.54) is 6.07 Å². The van der Waals surface area contributed by atoms with Crippen LogP contribution < -0.4 is 4.74 Å². The topological polar surface area (TPSA) is 73.6 Å². The van der Waals surface area contributed by atoms with Gasteiger partial charge in [0, 0.05) is 36.4 Å². The summed E-state index contributed by atoms with van der Waals surface area (Å²) in [6.07, 6.45) is 3.22. The molecule has 1 fully saturated rings. The number of aromatic hydroxyl groups is 1. The van der Waals surface area contributed by atoms with Crippen molar-refractivity contribution in [2.24, 2.45) is 5.92 Å². The first kappa shape index (κ1) is 18.7. The summed E-state index contributed by atoms with van der Waals surface area (Å²) >= 11 is 5.86.